The van der Waals surface area contributed by atoms with Gasteiger partial charge in [-0.15, -0.1) is 0 Å². The van der Waals surface area contributed by atoms with E-state index >= 15 is 0 Å². The zero-order valence-corrected chi connectivity index (χ0v) is 10.9. The average molecular weight is 264 g/mol. The van der Waals surface area contributed by atoms with E-state index in [1.54, 1.807) is 19.1 Å². The molecule has 102 valence electrons. The Kier molecular flexibility index (Phi) is 3.80. The van der Waals surface area contributed by atoms with E-state index < -0.39 is 18.1 Å². The van der Waals surface area contributed by atoms with Gasteiger partial charge in [-0.2, -0.15) is 0 Å². The number of β-amino-alcohol motifs (C(OH)–C–C–N with tert-alkyl or cyclic N) is 1. The molecule has 1 amide bonds. The highest BCUT2D eigenvalue weighted by atomic mass is 16.5. The molecule has 1 aliphatic rings. The van der Waals surface area contributed by atoms with Crippen molar-refractivity contribution in [3.8, 4) is 0 Å². The van der Waals surface area contributed by atoms with Crippen molar-refractivity contribution >= 4 is 11.9 Å². The van der Waals surface area contributed by atoms with Gasteiger partial charge in [-0.25, -0.2) is 4.79 Å². The number of aliphatic hydroxyl groups excluding tert-OH is 1. The maximum atomic E-state index is 12.4. The number of aromatic nitrogens is 1. The molecule has 0 spiro atoms. The largest absolute Gasteiger partial charge is 0.467 e. The van der Waals surface area contributed by atoms with Crippen molar-refractivity contribution in [3.05, 3.63) is 29.6 Å². The molecule has 2 atom stereocenters. The van der Waals surface area contributed by atoms with Crippen LogP contribution in [0.2, 0.25) is 0 Å². The van der Waals surface area contributed by atoms with Crippen LogP contribution in [-0.2, 0) is 9.53 Å². The Labute approximate surface area is 111 Å². The lowest BCUT2D eigenvalue weighted by molar-refractivity contribution is -0.145. The molecule has 0 radical (unpaired) electrons. The van der Waals surface area contributed by atoms with Gasteiger partial charge < -0.3 is 14.7 Å². The van der Waals surface area contributed by atoms with Crippen molar-refractivity contribution in [2.24, 2.45) is 0 Å². The molecular weight excluding hydrogens is 248 g/mol. The van der Waals surface area contributed by atoms with E-state index in [1.165, 1.54) is 18.2 Å². The number of ether oxygens (including phenoxy) is 1. The van der Waals surface area contributed by atoms with Gasteiger partial charge in [0.25, 0.3) is 5.91 Å². The number of methoxy groups -OCH3 is 1. The predicted molar refractivity (Wildman–Crippen MR) is 66.4 cm³/mol. The molecule has 19 heavy (non-hydrogen) atoms. The van der Waals surface area contributed by atoms with Gasteiger partial charge in [0, 0.05) is 19.2 Å². The van der Waals surface area contributed by atoms with E-state index in [1.807, 2.05) is 0 Å². The van der Waals surface area contributed by atoms with Gasteiger partial charge in [0.15, 0.2) is 0 Å². The number of hydrogen-bond acceptors (Lipinski definition) is 5. The van der Waals surface area contributed by atoms with Gasteiger partial charge in [-0.1, -0.05) is 6.07 Å². The maximum Gasteiger partial charge on any atom is 0.328 e. The van der Waals surface area contributed by atoms with Crippen LogP contribution in [0.25, 0.3) is 0 Å². The SMILES string of the molecule is COC(=O)C1CC(O)CN1C(=O)c1ncccc1C. The Bertz CT molecular complexity index is 503. The summed E-state index contributed by atoms with van der Waals surface area (Å²) in [5.74, 6) is -0.872. The van der Waals surface area contributed by atoms with E-state index in [0.29, 0.717) is 5.69 Å². The highest BCUT2D eigenvalue weighted by Gasteiger charge is 2.40. The van der Waals surface area contributed by atoms with E-state index in [4.69, 9.17) is 0 Å². The van der Waals surface area contributed by atoms with Crippen LogP contribution in [-0.4, -0.2) is 52.7 Å². The normalized spacial score (nSPS) is 22.4. The van der Waals surface area contributed by atoms with Crippen molar-refractivity contribution in [3.63, 3.8) is 0 Å². The molecule has 1 saturated heterocycles. The monoisotopic (exact) mass is 264 g/mol. The molecular formula is C13H16N2O4. The quantitative estimate of drug-likeness (QED) is 0.768. The molecule has 1 N–H and O–H groups in total. The molecule has 6 nitrogen and oxygen atoms in total. The van der Waals surface area contributed by atoms with Crippen LogP contribution in [0, 0.1) is 6.92 Å². The van der Waals surface area contributed by atoms with E-state index in [2.05, 4.69) is 9.72 Å². The van der Waals surface area contributed by atoms with E-state index in [-0.39, 0.29) is 18.9 Å². The lowest BCUT2D eigenvalue weighted by Crippen LogP contribution is -2.41. The Morgan fingerprint density at radius 1 is 1.53 bits per heavy atom. The van der Waals surface area contributed by atoms with Gasteiger partial charge in [-0.3, -0.25) is 9.78 Å². The zero-order valence-electron chi connectivity index (χ0n) is 10.9. The second-order valence-corrected chi connectivity index (χ2v) is 4.55. The van der Waals surface area contributed by atoms with Crippen molar-refractivity contribution in [1.29, 1.82) is 0 Å². The fourth-order valence-corrected chi connectivity index (χ4v) is 2.24. The summed E-state index contributed by atoms with van der Waals surface area (Å²) in [7, 11) is 1.27. The second kappa shape index (κ2) is 5.36. The summed E-state index contributed by atoms with van der Waals surface area (Å²) in [5.41, 5.74) is 1.03. The van der Waals surface area contributed by atoms with Crippen LogP contribution >= 0.6 is 0 Å². The van der Waals surface area contributed by atoms with Crippen molar-refractivity contribution < 1.29 is 19.4 Å². The average Bonchev–Trinajstić information content (AvgIpc) is 2.79. The molecule has 2 unspecified atom stereocenters. The van der Waals surface area contributed by atoms with E-state index in [9.17, 15) is 14.7 Å². The number of aliphatic hydroxyl groups is 1. The first-order chi connectivity index (χ1) is 9.04. The Hall–Kier alpha value is -1.95. The number of rotatable bonds is 2. The van der Waals surface area contributed by atoms with Crippen LogP contribution in [0.1, 0.15) is 22.5 Å². The van der Waals surface area contributed by atoms with Gasteiger partial charge >= 0.3 is 5.97 Å². The summed E-state index contributed by atoms with van der Waals surface area (Å²) in [4.78, 5) is 29.4. The van der Waals surface area contributed by atoms with Gasteiger partial charge in [-0.05, 0) is 18.6 Å². The fraction of sp³-hybridized carbons (Fsp3) is 0.462. The molecule has 1 fully saturated rings. The van der Waals surface area contributed by atoms with E-state index in [0.717, 1.165) is 5.56 Å². The molecule has 0 aliphatic carbocycles. The fourth-order valence-electron chi connectivity index (χ4n) is 2.24. The minimum absolute atomic E-state index is 0.120. The smallest absolute Gasteiger partial charge is 0.328 e. The van der Waals surface area contributed by atoms with Crippen LogP contribution in [0.4, 0.5) is 0 Å². The summed E-state index contributed by atoms with van der Waals surface area (Å²) in [6, 6.07) is 2.77. The van der Waals surface area contributed by atoms with Crippen molar-refractivity contribution in [2.75, 3.05) is 13.7 Å². The third-order valence-corrected chi connectivity index (χ3v) is 3.23. The number of esters is 1. The Morgan fingerprint density at radius 3 is 2.89 bits per heavy atom. The number of nitrogens with zero attached hydrogens (tertiary/aromatic N) is 2. The number of carbonyl (C=O) groups excluding carboxylic acids is 2. The standard InChI is InChI=1S/C13H16N2O4/c1-8-4-3-5-14-11(8)12(17)15-7-9(16)6-10(15)13(18)19-2/h3-5,9-10,16H,6-7H2,1-2H3. The Morgan fingerprint density at radius 2 is 2.26 bits per heavy atom. The molecule has 1 aromatic rings. The summed E-state index contributed by atoms with van der Waals surface area (Å²) in [6.07, 6.45) is 1.02. The number of carbonyl (C=O) groups is 2. The molecule has 1 aliphatic heterocycles. The number of aryl methyl sites for hydroxylation is 1. The summed E-state index contributed by atoms with van der Waals surface area (Å²) >= 11 is 0. The minimum atomic E-state index is -0.742. The molecule has 0 aromatic carbocycles. The second-order valence-electron chi connectivity index (χ2n) is 4.55. The summed E-state index contributed by atoms with van der Waals surface area (Å²) in [5, 5.41) is 9.66. The molecule has 2 heterocycles. The highest BCUT2D eigenvalue weighted by molar-refractivity contribution is 5.96. The first kappa shape index (κ1) is 13.5. The third kappa shape index (κ3) is 2.58. The van der Waals surface area contributed by atoms with Crippen LogP contribution in [0.15, 0.2) is 18.3 Å². The van der Waals surface area contributed by atoms with Crippen molar-refractivity contribution in [2.45, 2.75) is 25.5 Å². The first-order valence-electron chi connectivity index (χ1n) is 6.03. The third-order valence-electron chi connectivity index (χ3n) is 3.23. The molecule has 0 bridgehead atoms. The Balaban J connectivity index is 2.27. The minimum Gasteiger partial charge on any atom is -0.467 e. The maximum absolute atomic E-state index is 12.4. The van der Waals surface area contributed by atoms with Crippen LogP contribution < -0.4 is 0 Å². The first-order valence-corrected chi connectivity index (χ1v) is 6.03. The molecule has 2 rings (SSSR count). The molecule has 0 saturated carbocycles. The number of likely N-dealkylation sites (tertiary alicyclic amines) is 1. The number of hydrogen-bond donors (Lipinski definition) is 1. The van der Waals surface area contributed by atoms with Crippen LogP contribution in [0.3, 0.4) is 0 Å². The molecule has 6 heteroatoms. The van der Waals surface area contributed by atoms with Crippen LogP contribution in [0.5, 0.6) is 0 Å². The summed E-state index contributed by atoms with van der Waals surface area (Å²) in [6.45, 7) is 1.90. The number of amides is 1. The molecule has 1 aromatic heterocycles. The lowest BCUT2D eigenvalue weighted by Gasteiger charge is -2.22. The van der Waals surface area contributed by atoms with Crippen molar-refractivity contribution in [1.82, 2.24) is 9.88 Å². The predicted octanol–water partition coefficient (Wildman–Crippen LogP) is 0.138. The van der Waals surface area contributed by atoms with Gasteiger partial charge in [0.2, 0.25) is 0 Å². The topological polar surface area (TPSA) is 79.7 Å². The highest BCUT2D eigenvalue weighted by Crippen LogP contribution is 2.22. The van der Waals surface area contributed by atoms with Gasteiger partial charge in [0.05, 0.1) is 13.2 Å². The number of pyridine rings is 1. The summed E-state index contributed by atoms with van der Waals surface area (Å²) < 4.78 is 4.66. The van der Waals surface area contributed by atoms with Gasteiger partial charge in [0.1, 0.15) is 11.7 Å². The zero-order chi connectivity index (χ0) is 14.0. The lowest BCUT2D eigenvalue weighted by atomic mass is 10.1.